The number of rotatable bonds is 14. The van der Waals surface area contributed by atoms with E-state index in [2.05, 4.69) is 5.32 Å². The molecule has 2 aromatic rings. The molecule has 0 saturated carbocycles. The van der Waals surface area contributed by atoms with Gasteiger partial charge in [-0.05, 0) is 49.6 Å². The number of amides is 2. The van der Waals surface area contributed by atoms with Crippen LogP contribution >= 0.6 is 0 Å². The molecule has 0 aliphatic rings. The van der Waals surface area contributed by atoms with E-state index < -0.39 is 28.5 Å². The molecule has 2 amide bonds. The summed E-state index contributed by atoms with van der Waals surface area (Å²) in [5.41, 5.74) is 0.919. The molecule has 0 radical (unpaired) electrons. The van der Waals surface area contributed by atoms with Gasteiger partial charge in [-0.25, -0.2) is 8.42 Å². The van der Waals surface area contributed by atoms with E-state index in [1.807, 2.05) is 26.8 Å². The maximum atomic E-state index is 13.9. The number of carbonyl (C=O) groups is 2. The molecule has 0 heterocycles. The van der Waals surface area contributed by atoms with Crippen LogP contribution in [0.5, 0.6) is 17.2 Å². The molecule has 2 aromatic carbocycles. The largest absolute Gasteiger partial charge is 0.497 e. The number of methoxy groups -OCH3 is 3. The lowest BCUT2D eigenvalue weighted by Gasteiger charge is -2.33. The first-order valence-electron chi connectivity index (χ1n) is 12.4. The molecule has 0 spiro atoms. The van der Waals surface area contributed by atoms with E-state index in [1.54, 1.807) is 37.4 Å². The van der Waals surface area contributed by atoms with Gasteiger partial charge in [0.15, 0.2) is 0 Å². The van der Waals surface area contributed by atoms with Crippen molar-refractivity contribution in [3.8, 4) is 17.2 Å². The Morgan fingerprint density at radius 1 is 0.947 bits per heavy atom. The van der Waals surface area contributed by atoms with Crippen LogP contribution in [0.25, 0.3) is 0 Å². The highest BCUT2D eigenvalue weighted by Gasteiger charge is 2.33. The maximum Gasteiger partial charge on any atom is 0.244 e. The Morgan fingerprint density at radius 3 is 2.16 bits per heavy atom. The first-order chi connectivity index (χ1) is 18.0. The normalized spacial score (nSPS) is 12.7. The predicted molar refractivity (Wildman–Crippen MR) is 147 cm³/mol. The third-order valence-corrected chi connectivity index (χ3v) is 7.34. The highest BCUT2D eigenvalue weighted by Crippen LogP contribution is 2.33. The first-order valence-corrected chi connectivity index (χ1v) is 14.3. The summed E-state index contributed by atoms with van der Waals surface area (Å²) in [6.45, 7) is 5.21. The molecule has 38 heavy (non-hydrogen) atoms. The van der Waals surface area contributed by atoms with Gasteiger partial charge in [-0.1, -0.05) is 26.0 Å². The molecule has 10 nitrogen and oxygen atoms in total. The quantitative estimate of drug-likeness (QED) is 0.385. The number of ether oxygens (including phenoxy) is 3. The van der Waals surface area contributed by atoms with Gasteiger partial charge >= 0.3 is 0 Å². The first kappa shape index (κ1) is 30.8. The smallest absolute Gasteiger partial charge is 0.244 e. The van der Waals surface area contributed by atoms with Crippen molar-refractivity contribution < 1.29 is 32.2 Å². The molecule has 0 bridgehead atoms. The van der Waals surface area contributed by atoms with Crippen LogP contribution in [0.4, 0.5) is 5.69 Å². The lowest BCUT2D eigenvalue weighted by Crippen LogP contribution is -2.53. The molecular weight excluding hydrogens is 510 g/mol. The second-order valence-corrected chi connectivity index (χ2v) is 10.8. The number of benzene rings is 2. The Balaban J connectivity index is 2.52. The third kappa shape index (κ3) is 8.01. The van der Waals surface area contributed by atoms with Crippen LogP contribution in [-0.2, 0) is 26.2 Å². The van der Waals surface area contributed by atoms with Crippen LogP contribution in [0.3, 0.4) is 0 Å². The van der Waals surface area contributed by atoms with Gasteiger partial charge in [0.2, 0.25) is 21.8 Å². The Hall–Kier alpha value is -3.47. The van der Waals surface area contributed by atoms with Crippen molar-refractivity contribution in [2.75, 3.05) is 38.4 Å². The number of hydrogen-bond acceptors (Lipinski definition) is 7. The minimum absolute atomic E-state index is 0.0820. The summed E-state index contributed by atoms with van der Waals surface area (Å²) in [7, 11) is 0.520. The van der Waals surface area contributed by atoms with Crippen molar-refractivity contribution in [2.24, 2.45) is 0 Å². The molecule has 1 N–H and O–H groups in total. The molecule has 0 saturated heterocycles. The molecule has 210 valence electrons. The molecule has 0 aromatic heterocycles. The van der Waals surface area contributed by atoms with Crippen molar-refractivity contribution in [1.29, 1.82) is 0 Å². The van der Waals surface area contributed by atoms with Crippen molar-refractivity contribution in [3.05, 3.63) is 48.0 Å². The van der Waals surface area contributed by atoms with Crippen LogP contribution in [-0.4, -0.2) is 71.3 Å². The van der Waals surface area contributed by atoms with E-state index in [4.69, 9.17) is 14.2 Å². The maximum absolute atomic E-state index is 13.9. The highest BCUT2D eigenvalue weighted by atomic mass is 32.2. The molecule has 0 aliphatic heterocycles. The van der Waals surface area contributed by atoms with E-state index in [0.717, 1.165) is 22.5 Å². The summed E-state index contributed by atoms with van der Waals surface area (Å²) < 4.78 is 42.7. The van der Waals surface area contributed by atoms with Crippen molar-refractivity contribution in [3.63, 3.8) is 0 Å². The van der Waals surface area contributed by atoms with Crippen LogP contribution in [0.2, 0.25) is 0 Å². The van der Waals surface area contributed by atoms with Crippen molar-refractivity contribution in [2.45, 2.75) is 52.2 Å². The number of sulfonamides is 1. The summed E-state index contributed by atoms with van der Waals surface area (Å²) in [5.74, 6) is 0.460. The number of nitrogens with zero attached hydrogens (tertiary/aromatic N) is 2. The Kier molecular flexibility index (Phi) is 11.2. The fourth-order valence-electron chi connectivity index (χ4n) is 3.91. The van der Waals surface area contributed by atoms with E-state index in [9.17, 15) is 18.0 Å². The zero-order chi connectivity index (χ0) is 28.5. The average Bonchev–Trinajstić information content (AvgIpc) is 2.90. The van der Waals surface area contributed by atoms with Crippen LogP contribution < -0.4 is 23.8 Å². The molecule has 0 fully saturated rings. The number of anilines is 1. The average molecular weight is 550 g/mol. The van der Waals surface area contributed by atoms with Crippen molar-refractivity contribution >= 4 is 27.5 Å². The van der Waals surface area contributed by atoms with Crippen molar-refractivity contribution in [1.82, 2.24) is 10.2 Å². The third-order valence-electron chi connectivity index (χ3n) is 6.21. The van der Waals surface area contributed by atoms with Gasteiger partial charge in [-0.15, -0.1) is 0 Å². The summed E-state index contributed by atoms with van der Waals surface area (Å²) in [6.07, 6.45) is 2.08. The van der Waals surface area contributed by atoms with E-state index in [1.165, 1.54) is 25.2 Å². The van der Waals surface area contributed by atoms with Gasteiger partial charge in [0.1, 0.15) is 29.8 Å². The number of hydrogen-bond donors (Lipinski definition) is 1. The standard InChI is InChI=1S/C27H39N3O7S/c1-8-19(3)28-27(32)23(9-2)29(17-20-11-10-12-21(15-20)35-4)26(31)18-30(38(7,33)34)24-14-13-22(36-5)16-25(24)37-6/h10-16,19,23H,8-9,17-18H2,1-7H3,(H,28,32)/t19-,23-/m1/s1. The molecule has 0 aliphatic carbocycles. The molecular formula is C27H39N3O7S. The lowest BCUT2D eigenvalue weighted by atomic mass is 10.1. The summed E-state index contributed by atoms with van der Waals surface area (Å²) in [5, 5.41) is 2.95. The van der Waals surface area contributed by atoms with Gasteiger partial charge in [-0.2, -0.15) is 0 Å². The minimum atomic E-state index is -3.91. The van der Waals surface area contributed by atoms with Crippen LogP contribution in [0, 0.1) is 0 Å². The SMILES string of the molecule is CC[C@@H](C)NC(=O)[C@@H](CC)N(Cc1cccc(OC)c1)C(=O)CN(c1ccc(OC)cc1OC)S(C)(=O)=O. The van der Waals surface area contributed by atoms with E-state index in [0.29, 0.717) is 17.9 Å². The molecule has 11 heteroatoms. The second-order valence-electron chi connectivity index (χ2n) is 8.92. The van der Waals surface area contributed by atoms with Crippen LogP contribution in [0.1, 0.15) is 39.2 Å². The fourth-order valence-corrected chi connectivity index (χ4v) is 4.77. The van der Waals surface area contributed by atoms with Gasteiger partial charge in [0.05, 0.1) is 33.3 Å². The highest BCUT2D eigenvalue weighted by molar-refractivity contribution is 7.92. The summed E-state index contributed by atoms with van der Waals surface area (Å²) in [6, 6.07) is 10.9. The van der Waals surface area contributed by atoms with Gasteiger partial charge in [0.25, 0.3) is 0 Å². The Morgan fingerprint density at radius 2 is 1.61 bits per heavy atom. The second kappa shape index (κ2) is 13.9. The topological polar surface area (TPSA) is 114 Å². The molecule has 2 atom stereocenters. The van der Waals surface area contributed by atoms with Gasteiger partial charge in [-0.3, -0.25) is 13.9 Å². The summed E-state index contributed by atoms with van der Waals surface area (Å²) in [4.78, 5) is 28.5. The zero-order valence-corrected chi connectivity index (χ0v) is 24.0. The molecule has 0 unspecified atom stereocenters. The van der Waals surface area contributed by atoms with Gasteiger partial charge < -0.3 is 24.4 Å². The summed E-state index contributed by atoms with van der Waals surface area (Å²) >= 11 is 0. The molecule has 2 rings (SSSR count). The lowest BCUT2D eigenvalue weighted by molar-refractivity contribution is -0.140. The minimum Gasteiger partial charge on any atom is -0.497 e. The van der Waals surface area contributed by atoms with E-state index in [-0.39, 0.29) is 29.9 Å². The number of nitrogens with one attached hydrogen (secondary N) is 1. The van der Waals surface area contributed by atoms with Crippen LogP contribution in [0.15, 0.2) is 42.5 Å². The predicted octanol–water partition coefficient (Wildman–Crippen LogP) is 3.20. The Labute approximate surface area is 225 Å². The number of carbonyl (C=O) groups excluding carboxylic acids is 2. The monoisotopic (exact) mass is 549 g/mol. The zero-order valence-electron chi connectivity index (χ0n) is 23.2. The Bertz CT molecular complexity index is 1200. The van der Waals surface area contributed by atoms with E-state index >= 15 is 0 Å². The fraction of sp³-hybridized carbons (Fsp3) is 0.481. The van der Waals surface area contributed by atoms with Gasteiger partial charge in [0, 0.05) is 18.7 Å².